The van der Waals surface area contributed by atoms with Gasteiger partial charge in [0.2, 0.25) is 5.95 Å². The molecule has 2 aromatic heterocycles. The maximum absolute atomic E-state index is 10.6. The maximum atomic E-state index is 10.6. The standard InChI is InChI=1S/C26H33N7O/c1-5-21(26(3,4)34)30-25-31-23(28-14-19-13-17(2)11-12-20(19)27)22-24(32-25)33(16-29-22)15-18-9-7-6-8-10-18/h6-13,16,21,34H,5,14-15,27H2,1-4H3,(H2,28,30,31,32). The van der Waals surface area contributed by atoms with E-state index in [1.807, 2.05) is 48.7 Å². The van der Waals surface area contributed by atoms with E-state index < -0.39 is 5.60 Å². The molecule has 0 saturated heterocycles. The Kier molecular flexibility index (Phi) is 6.70. The summed E-state index contributed by atoms with van der Waals surface area (Å²) in [5.74, 6) is 1.06. The highest BCUT2D eigenvalue weighted by molar-refractivity contribution is 5.84. The van der Waals surface area contributed by atoms with Crippen LogP contribution in [0.4, 0.5) is 17.5 Å². The number of aryl methyl sites for hydroxylation is 1. The minimum Gasteiger partial charge on any atom is -0.398 e. The van der Waals surface area contributed by atoms with E-state index in [0.717, 1.165) is 28.8 Å². The fourth-order valence-corrected chi connectivity index (χ4v) is 4.03. The molecule has 0 spiro atoms. The van der Waals surface area contributed by atoms with E-state index in [1.165, 1.54) is 0 Å². The van der Waals surface area contributed by atoms with E-state index in [2.05, 4.69) is 33.8 Å². The summed E-state index contributed by atoms with van der Waals surface area (Å²) in [7, 11) is 0. The number of benzene rings is 2. The molecule has 0 aliphatic rings. The SMILES string of the molecule is CCC(Nc1nc(NCc2cc(C)ccc2N)c2ncn(Cc3ccccc3)c2n1)C(C)(C)O. The van der Waals surface area contributed by atoms with Crippen molar-refractivity contribution in [3.05, 3.63) is 71.5 Å². The van der Waals surface area contributed by atoms with Crippen LogP contribution in [-0.4, -0.2) is 36.3 Å². The van der Waals surface area contributed by atoms with Crippen molar-refractivity contribution in [1.82, 2.24) is 19.5 Å². The molecule has 1 unspecified atom stereocenters. The van der Waals surface area contributed by atoms with Crippen molar-refractivity contribution in [3.8, 4) is 0 Å². The van der Waals surface area contributed by atoms with Gasteiger partial charge >= 0.3 is 0 Å². The van der Waals surface area contributed by atoms with Crippen molar-refractivity contribution in [3.63, 3.8) is 0 Å². The van der Waals surface area contributed by atoms with E-state index in [-0.39, 0.29) is 6.04 Å². The monoisotopic (exact) mass is 459 g/mol. The molecule has 8 heteroatoms. The highest BCUT2D eigenvalue weighted by Crippen LogP contribution is 2.25. The second kappa shape index (κ2) is 9.69. The van der Waals surface area contributed by atoms with Gasteiger partial charge in [-0.1, -0.05) is 55.0 Å². The molecule has 8 nitrogen and oxygen atoms in total. The van der Waals surface area contributed by atoms with E-state index in [4.69, 9.17) is 15.7 Å². The average molecular weight is 460 g/mol. The number of fused-ring (bicyclic) bond motifs is 1. The normalized spacial score (nSPS) is 12.6. The van der Waals surface area contributed by atoms with E-state index >= 15 is 0 Å². The van der Waals surface area contributed by atoms with Gasteiger partial charge < -0.3 is 26.0 Å². The molecule has 0 radical (unpaired) electrons. The molecule has 178 valence electrons. The Morgan fingerprint density at radius 1 is 1.12 bits per heavy atom. The Labute approximate surface area is 200 Å². The summed E-state index contributed by atoms with van der Waals surface area (Å²) in [6.45, 7) is 8.78. The van der Waals surface area contributed by atoms with Gasteiger partial charge in [0.15, 0.2) is 17.0 Å². The van der Waals surface area contributed by atoms with Gasteiger partial charge in [0, 0.05) is 12.2 Å². The number of aromatic nitrogens is 4. The second-order valence-electron chi connectivity index (χ2n) is 9.24. The quantitative estimate of drug-likeness (QED) is 0.275. The van der Waals surface area contributed by atoms with Crippen LogP contribution in [0, 0.1) is 6.92 Å². The minimum absolute atomic E-state index is 0.212. The van der Waals surface area contributed by atoms with Crippen LogP contribution in [0.3, 0.4) is 0 Å². The van der Waals surface area contributed by atoms with Gasteiger partial charge in [-0.25, -0.2) is 4.98 Å². The Morgan fingerprint density at radius 3 is 2.59 bits per heavy atom. The molecule has 4 rings (SSSR count). The first-order valence-corrected chi connectivity index (χ1v) is 11.6. The van der Waals surface area contributed by atoms with Crippen molar-refractivity contribution >= 4 is 28.6 Å². The van der Waals surface area contributed by atoms with Gasteiger partial charge in [-0.3, -0.25) is 0 Å². The lowest BCUT2D eigenvalue weighted by Gasteiger charge is -2.29. The van der Waals surface area contributed by atoms with Crippen LogP contribution >= 0.6 is 0 Å². The van der Waals surface area contributed by atoms with Crippen molar-refractivity contribution < 1.29 is 5.11 Å². The lowest BCUT2D eigenvalue weighted by molar-refractivity contribution is 0.0577. The summed E-state index contributed by atoms with van der Waals surface area (Å²) in [5, 5.41) is 17.3. The third-order valence-electron chi connectivity index (χ3n) is 5.97. The number of hydrogen-bond acceptors (Lipinski definition) is 7. The van der Waals surface area contributed by atoms with Gasteiger partial charge in [0.25, 0.3) is 0 Å². The molecule has 5 N–H and O–H groups in total. The third-order valence-corrected chi connectivity index (χ3v) is 5.97. The summed E-state index contributed by atoms with van der Waals surface area (Å²) in [4.78, 5) is 14.1. The summed E-state index contributed by atoms with van der Waals surface area (Å²) in [5.41, 5.74) is 10.7. The summed E-state index contributed by atoms with van der Waals surface area (Å²) >= 11 is 0. The average Bonchev–Trinajstić information content (AvgIpc) is 3.20. The van der Waals surface area contributed by atoms with Crippen LogP contribution < -0.4 is 16.4 Å². The first-order chi connectivity index (χ1) is 16.2. The third kappa shape index (κ3) is 5.28. The second-order valence-corrected chi connectivity index (χ2v) is 9.24. The molecule has 0 bridgehead atoms. The molecule has 4 aromatic rings. The lowest BCUT2D eigenvalue weighted by atomic mass is 9.97. The molecular formula is C26H33N7O. The Morgan fingerprint density at radius 2 is 1.88 bits per heavy atom. The van der Waals surface area contributed by atoms with Crippen LogP contribution in [0.1, 0.15) is 43.9 Å². The molecule has 34 heavy (non-hydrogen) atoms. The van der Waals surface area contributed by atoms with Crippen LogP contribution in [-0.2, 0) is 13.1 Å². The van der Waals surface area contributed by atoms with E-state index in [9.17, 15) is 5.11 Å². The molecule has 0 saturated carbocycles. The summed E-state index contributed by atoms with van der Waals surface area (Å²) in [6, 6.07) is 16.0. The zero-order valence-electron chi connectivity index (χ0n) is 20.2. The van der Waals surface area contributed by atoms with Gasteiger partial charge in [-0.15, -0.1) is 0 Å². The van der Waals surface area contributed by atoms with Crippen molar-refractivity contribution in [2.24, 2.45) is 0 Å². The van der Waals surface area contributed by atoms with Crippen LogP contribution in [0.2, 0.25) is 0 Å². The van der Waals surface area contributed by atoms with Gasteiger partial charge in [0.1, 0.15) is 0 Å². The largest absolute Gasteiger partial charge is 0.398 e. The Bertz CT molecular complexity index is 1260. The maximum Gasteiger partial charge on any atom is 0.227 e. The Hall–Kier alpha value is -3.65. The van der Waals surface area contributed by atoms with Gasteiger partial charge in [0.05, 0.1) is 24.5 Å². The fraction of sp³-hybridized carbons (Fsp3) is 0.346. The van der Waals surface area contributed by atoms with E-state index in [1.54, 1.807) is 20.2 Å². The topological polar surface area (TPSA) is 114 Å². The summed E-state index contributed by atoms with van der Waals surface area (Å²) < 4.78 is 2.01. The lowest BCUT2D eigenvalue weighted by Crippen LogP contribution is -2.41. The predicted molar refractivity (Wildman–Crippen MR) is 138 cm³/mol. The minimum atomic E-state index is -0.930. The number of hydrogen-bond donors (Lipinski definition) is 4. The number of aliphatic hydroxyl groups is 1. The molecule has 2 aromatic carbocycles. The molecule has 0 fully saturated rings. The molecule has 0 aliphatic heterocycles. The Balaban J connectivity index is 1.72. The van der Waals surface area contributed by atoms with Crippen molar-refractivity contribution in [2.45, 2.75) is 58.8 Å². The number of nitrogen functional groups attached to an aromatic ring is 1. The van der Waals surface area contributed by atoms with Crippen molar-refractivity contribution in [2.75, 3.05) is 16.4 Å². The number of nitrogens with zero attached hydrogens (tertiary/aromatic N) is 4. The first-order valence-electron chi connectivity index (χ1n) is 11.6. The highest BCUT2D eigenvalue weighted by atomic mass is 16.3. The van der Waals surface area contributed by atoms with Gasteiger partial charge in [-0.2, -0.15) is 9.97 Å². The number of rotatable bonds is 9. The molecular weight excluding hydrogens is 426 g/mol. The van der Waals surface area contributed by atoms with Crippen LogP contribution in [0.15, 0.2) is 54.9 Å². The van der Waals surface area contributed by atoms with Gasteiger partial charge in [-0.05, 0) is 44.4 Å². The molecule has 1 atom stereocenters. The van der Waals surface area contributed by atoms with Crippen LogP contribution in [0.5, 0.6) is 0 Å². The first kappa shape index (κ1) is 23.5. The summed E-state index contributed by atoms with van der Waals surface area (Å²) in [6.07, 6.45) is 2.51. The molecule has 2 heterocycles. The fourth-order valence-electron chi connectivity index (χ4n) is 4.03. The number of imidazole rings is 1. The number of nitrogens with two attached hydrogens (primary N) is 1. The predicted octanol–water partition coefficient (Wildman–Crippen LogP) is 4.34. The number of anilines is 3. The van der Waals surface area contributed by atoms with E-state index in [0.29, 0.717) is 36.0 Å². The highest BCUT2D eigenvalue weighted by Gasteiger charge is 2.26. The molecule has 0 aliphatic carbocycles. The number of nitrogens with one attached hydrogen (secondary N) is 2. The molecule has 0 amide bonds. The zero-order valence-corrected chi connectivity index (χ0v) is 20.2. The smallest absolute Gasteiger partial charge is 0.227 e. The zero-order chi connectivity index (χ0) is 24.3. The van der Waals surface area contributed by atoms with Crippen LogP contribution in [0.25, 0.3) is 11.2 Å². The van der Waals surface area contributed by atoms with Crippen molar-refractivity contribution in [1.29, 1.82) is 0 Å².